The summed E-state index contributed by atoms with van der Waals surface area (Å²) in [6.45, 7) is 3.95. The highest BCUT2D eigenvalue weighted by atomic mass is 16.6. The maximum atomic E-state index is 10.6. The highest BCUT2D eigenvalue weighted by molar-refractivity contribution is 5.69. The minimum atomic E-state index is -0.334. The second-order valence-corrected chi connectivity index (χ2v) is 2.84. The van der Waals surface area contributed by atoms with E-state index in [1.807, 2.05) is 0 Å². The predicted octanol–water partition coefficient (Wildman–Crippen LogP) is 0.911. The number of ether oxygens (including phenoxy) is 2. The van der Waals surface area contributed by atoms with Crippen LogP contribution in [0.5, 0.6) is 0 Å². The van der Waals surface area contributed by atoms with E-state index in [-0.39, 0.29) is 12.2 Å². The summed E-state index contributed by atoms with van der Waals surface area (Å²) in [4.78, 5) is 10.6. The molecule has 0 aromatic carbocycles. The molecule has 1 heterocycles. The van der Waals surface area contributed by atoms with Gasteiger partial charge in [-0.3, -0.25) is 0 Å². The second kappa shape index (κ2) is 4.98. The Labute approximate surface area is 72.2 Å². The molecule has 1 aliphatic heterocycles. The number of alkyl carbamates (subject to hydrolysis) is 1. The molecule has 1 fully saturated rings. The third-order valence-corrected chi connectivity index (χ3v) is 1.69. The molecule has 4 nitrogen and oxygen atoms in total. The van der Waals surface area contributed by atoms with Gasteiger partial charge in [0.1, 0.15) is 6.10 Å². The number of hydrogen-bond donors (Lipinski definition) is 1. The van der Waals surface area contributed by atoms with Gasteiger partial charge in [-0.1, -0.05) is 13.3 Å². The molecule has 1 amide bonds. The summed E-state index contributed by atoms with van der Waals surface area (Å²) >= 11 is 0. The lowest BCUT2D eigenvalue weighted by Crippen LogP contribution is -2.20. The van der Waals surface area contributed by atoms with Crippen LogP contribution in [0, 0.1) is 0 Å². The van der Waals surface area contributed by atoms with Crippen molar-refractivity contribution in [3.05, 3.63) is 0 Å². The summed E-state index contributed by atoms with van der Waals surface area (Å²) in [5.41, 5.74) is 0. The molecule has 1 rings (SSSR count). The summed E-state index contributed by atoms with van der Waals surface area (Å²) < 4.78 is 10.2. The second-order valence-electron chi connectivity index (χ2n) is 2.84. The number of cyclic esters (lactones) is 1. The maximum absolute atomic E-state index is 10.6. The Balaban J connectivity index is 1.97. The van der Waals surface area contributed by atoms with E-state index in [0.29, 0.717) is 13.2 Å². The molecule has 0 aromatic heterocycles. The van der Waals surface area contributed by atoms with Crippen LogP contribution in [-0.4, -0.2) is 32.0 Å². The zero-order valence-corrected chi connectivity index (χ0v) is 7.34. The third-order valence-electron chi connectivity index (χ3n) is 1.69. The largest absolute Gasteiger partial charge is 0.442 e. The van der Waals surface area contributed by atoms with Crippen molar-refractivity contribution in [2.75, 3.05) is 19.8 Å². The molecule has 1 N–H and O–H groups in total. The Morgan fingerprint density at radius 3 is 3.17 bits per heavy atom. The average Bonchev–Trinajstić information content (AvgIpc) is 2.45. The van der Waals surface area contributed by atoms with Gasteiger partial charge in [0.05, 0.1) is 13.2 Å². The molecule has 12 heavy (non-hydrogen) atoms. The first-order valence-electron chi connectivity index (χ1n) is 4.35. The van der Waals surface area contributed by atoms with E-state index in [1.165, 1.54) is 0 Å². The van der Waals surface area contributed by atoms with E-state index in [4.69, 9.17) is 9.47 Å². The molecule has 1 aliphatic rings. The van der Waals surface area contributed by atoms with E-state index in [0.717, 1.165) is 19.4 Å². The van der Waals surface area contributed by atoms with Crippen molar-refractivity contribution >= 4 is 6.09 Å². The summed E-state index contributed by atoms with van der Waals surface area (Å²) in [7, 11) is 0. The monoisotopic (exact) mass is 173 g/mol. The molecular formula is C8H15NO3. The number of nitrogens with one attached hydrogen (secondary N) is 1. The number of unbranched alkanes of at least 4 members (excludes halogenated alkanes) is 1. The fourth-order valence-electron chi connectivity index (χ4n) is 0.986. The van der Waals surface area contributed by atoms with Gasteiger partial charge in [0.15, 0.2) is 0 Å². The molecule has 0 bridgehead atoms. The van der Waals surface area contributed by atoms with Crippen molar-refractivity contribution in [3.63, 3.8) is 0 Å². The average molecular weight is 173 g/mol. The third kappa shape index (κ3) is 3.09. The van der Waals surface area contributed by atoms with Crippen LogP contribution in [0.2, 0.25) is 0 Å². The molecule has 0 aromatic rings. The Bertz CT molecular complexity index is 149. The smallest absolute Gasteiger partial charge is 0.407 e. The first-order valence-corrected chi connectivity index (χ1v) is 4.35. The van der Waals surface area contributed by atoms with Gasteiger partial charge in [-0.15, -0.1) is 0 Å². The molecule has 1 saturated heterocycles. The molecule has 4 heteroatoms. The van der Waals surface area contributed by atoms with Gasteiger partial charge < -0.3 is 14.8 Å². The zero-order valence-electron chi connectivity index (χ0n) is 7.34. The minimum absolute atomic E-state index is 0.0886. The van der Waals surface area contributed by atoms with Crippen molar-refractivity contribution in [2.24, 2.45) is 0 Å². The van der Waals surface area contributed by atoms with E-state index >= 15 is 0 Å². The molecular weight excluding hydrogens is 158 g/mol. The van der Waals surface area contributed by atoms with Crippen molar-refractivity contribution < 1.29 is 14.3 Å². The predicted molar refractivity (Wildman–Crippen MR) is 44.0 cm³/mol. The molecule has 0 radical (unpaired) electrons. The van der Waals surface area contributed by atoms with Crippen molar-refractivity contribution in [3.8, 4) is 0 Å². The fourth-order valence-corrected chi connectivity index (χ4v) is 0.986. The normalized spacial score (nSPS) is 22.1. The minimum Gasteiger partial charge on any atom is -0.442 e. The molecule has 0 spiro atoms. The quantitative estimate of drug-likeness (QED) is 0.629. The molecule has 1 atom stereocenters. The molecule has 0 unspecified atom stereocenters. The number of carbonyl (C=O) groups is 1. The highest BCUT2D eigenvalue weighted by Crippen LogP contribution is 2.00. The van der Waals surface area contributed by atoms with Gasteiger partial charge in [-0.05, 0) is 6.42 Å². The van der Waals surface area contributed by atoms with Gasteiger partial charge in [0.2, 0.25) is 0 Å². The Morgan fingerprint density at radius 2 is 2.58 bits per heavy atom. The van der Waals surface area contributed by atoms with E-state index in [9.17, 15) is 4.79 Å². The highest BCUT2D eigenvalue weighted by Gasteiger charge is 2.21. The summed E-state index contributed by atoms with van der Waals surface area (Å²) in [6, 6.07) is 0. The summed E-state index contributed by atoms with van der Waals surface area (Å²) in [5, 5.41) is 2.57. The number of carbonyl (C=O) groups excluding carboxylic acids is 1. The van der Waals surface area contributed by atoms with Crippen LogP contribution >= 0.6 is 0 Å². The van der Waals surface area contributed by atoms with Crippen molar-refractivity contribution in [1.29, 1.82) is 0 Å². The van der Waals surface area contributed by atoms with Gasteiger partial charge in [0, 0.05) is 6.61 Å². The van der Waals surface area contributed by atoms with Crippen LogP contribution in [0.4, 0.5) is 4.79 Å². The van der Waals surface area contributed by atoms with Crippen LogP contribution in [-0.2, 0) is 9.47 Å². The number of amides is 1. The first-order chi connectivity index (χ1) is 5.83. The zero-order chi connectivity index (χ0) is 8.81. The standard InChI is InChI=1S/C8H15NO3/c1-2-3-4-11-6-7-5-9-8(10)12-7/h7H,2-6H2,1H3,(H,9,10)/t7-/m1/s1. The SMILES string of the molecule is CCCCOC[C@H]1CNC(=O)O1. The molecule has 70 valence electrons. The number of hydrogen-bond acceptors (Lipinski definition) is 3. The van der Waals surface area contributed by atoms with E-state index in [2.05, 4.69) is 12.2 Å². The Morgan fingerprint density at radius 1 is 1.75 bits per heavy atom. The first kappa shape index (κ1) is 9.32. The Kier molecular flexibility index (Phi) is 3.87. The fraction of sp³-hybridized carbons (Fsp3) is 0.875. The number of rotatable bonds is 5. The summed E-state index contributed by atoms with van der Waals surface area (Å²) in [6.07, 6.45) is 1.77. The van der Waals surface area contributed by atoms with E-state index in [1.54, 1.807) is 0 Å². The van der Waals surface area contributed by atoms with E-state index < -0.39 is 0 Å². The van der Waals surface area contributed by atoms with Crippen LogP contribution in [0.1, 0.15) is 19.8 Å². The van der Waals surface area contributed by atoms with Crippen molar-refractivity contribution in [1.82, 2.24) is 5.32 Å². The van der Waals surface area contributed by atoms with Gasteiger partial charge in [0.25, 0.3) is 0 Å². The van der Waals surface area contributed by atoms with Crippen LogP contribution < -0.4 is 5.32 Å². The topological polar surface area (TPSA) is 47.6 Å². The van der Waals surface area contributed by atoms with Crippen LogP contribution in [0.3, 0.4) is 0 Å². The lowest BCUT2D eigenvalue weighted by Gasteiger charge is -2.07. The van der Waals surface area contributed by atoms with Crippen LogP contribution in [0.15, 0.2) is 0 Å². The Hall–Kier alpha value is -0.770. The lowest BCUT2D eigenvalue weighted by molar-refractivity contribution is 0.0448. The van der Waals surface area contributed by atoms with Crippen molar-refractivity contribution in [2.45, 2.75) is 25.9 Å². The maximum Gasteiger partial charge on any atom is 0.407 e. The lowest BCUT2D eigenvalue weighted by atomic mass is 10.3. The summed E-state index contributed by atoms with van der Waals surface area (Å²) in [5.74, 6) is 0. The molecule has 0 saturated carbocycles. The van der Waals surface area contributed by atoms with Gasteiger partial charge in [-0.25, -0.2) is 4.79 Å². The van der Waals surface area contributed by atoms with Gasteiger partial charge >= 0.3 is 6.09 Å². The molecule has 0 aliphatic carbocycles. The van der Waals surface area contributed by atoms with Crippen LogP contribution in [0.25, 0.3) is 0 Å². The van der Waals surface area contributed by atoms with Gasteiger partial charge in [-0.2, -0.15) is 0 Å².